The molecule has 2 aromatic heterocycles. The molecule has 0 N–H and O–H groups in total. The van der Waals surface area contributed by atoms with Crippen molar-refractivity contribution in [2.75, 3.05) is 5.33 Å². The van der Waals surface area contributed by atoms with Crippen molar-refractivity contribution in [3.63, 3.8) is 0 Å². The first-order chi connectivity index (χ1) is 7.83. The molecular weight excluding hydrogens is 300 g/mol. The molecule has 84 valence electrons. The maximum Gasteiger partial charge on any atom is 0.0382 e. The van der Waals surface area contributed by atoms with Crippen LogP contribution in [0.4, 0.5) is 0 Å². The second-order valence-electron chi connectivity index (χ2n) is 3.51. The SMILES string of the molecule is Cc1ccsc1/C(=C/CCBr)c1cccs1. The minimum atomic E-state index is 1.02. The zero-order valence-electron chi connectivity index (χ0n) is 9.07. The quantitative estimate of drug-likeness (QED) is 0.669. The van der Waals surface area contributed by atoms with E-state index in [4.69, 9.17) is 0 Å². The van der Waals surface area contributed by atoms with E-state index in [2.05, 4.69) is 57.9 Å². The van der Waals surface area contributed by atoms with Gasteiger partial charge >= 0.3 is 0 Å². The molecule has 0 unspecified atom stereocenters. The van der Waals surface area contributed by atoms with Crippen molar-refractivity contribution in [2.45, 2.75) is 13.3 Å². The van der Waals surface area contributed by atoms with Crippen molar-refractivity contribution in [1.29, 1.82) is 0 Å². The second kappa shape index (κ2) is 5.80. The molecule has 0 saturated carbocycles. The van der Waals surface area contributed by atoms with Gasteiger partial charge in [0.05, 0.1) is 0 Å². The molecule has 3 heteroatoms. The number of hydrogen-bond donors (Lipinski definition) is 0. The lowest BCUT2D eigenvalue weighted by Crippen LogP contribution is -1.84. The number of halogens is 1. The molecule has 0 aliphatic carbocycles. The fourth-order valence-corrected chi connectivity index (χ4v) is 3.63. The molecule has 0 atom stereocenters. The van der Waals surface area contributed by atoms with Crippen LogP contribution in [-0.4, -0.2) is 5.33 Å². The van der Waals surface area contributed by atoms with Gasteiger partial charge in [-0.15, -0.1) is 22.7 Å². The smallest absolute Gasteiger partial charge is 0.0382 e. The van der Waals surface area contributed by atoms with Gasteiger partial charge in [-0.05, 0) is 41.8 Å². The molecule has 0 radical (unpaired) electrons. The highest BCUT2D eigenvalue weighted by atomic mass is 79.9. The van der Waals surface area contributed by atoms with Gasteiger partial charge in [0.1, 0.15) is 0 Å². The van der Waals surface area contributed by atoms with E-state index >= 15 is 0 Å². The van der Waals surface area contributed by atoms with Crippen molar-refractivity contribution >= 4 is 44.2 Å². The molecule has 0 aliphatic heterocycles. The van der Waals surface area contributed by atoms with Crippen molar-refractivity contribution < 1.29 is 0 Å². The van der Waals surface area contributed by atoms with E-state index in [1.54, 1.807) is 0 Å². The maximum absolute atomic E-state index is 3.49. The Hall–Kier alpha value is -0.380. The average Bonchev–Trinajstić information content (AvgIpc) is 2.91. The summed E-state index contributed by atoms with van der Waals surface area (Å²) in [6.07, 6.45) is 3.41. The standard InChI is InChI=1S/C13H13BrS2/c1-10-6-9-16-13(10)11(4-2-7-14)12-5-3-8-15-12/h3-6,8-9H,2,7H2,1H3/b11-4+. The average molecular weight is 313 g/mol. The maximum atomic E-state index is 3.49. The van der Waals surface area contributed by atoms with Crippen LogP contribution in [0.25, 0.3) is 5.57 Å². The van der Waals surface area contributed by atoms with Crippen LogP contribution in [0.3, 0.4) is 0 Å². The van der Waals surface area contributed by atoms with Crippen LogP contribution in [-0.2, 0) is 0 Å². The first-order valence-electron chi connectivity index (χ1n) is 5.17. The highest BCUT2D eigenvalue weighted by Gasteiger charge is 2.09. The zero-order valence-corrected chi connectivity index (χ0v) is 12.3. The Bertz CT molecular complexity index is 466. The van der Waals surface area contributed by atoms with E-state index in [-0.39, 0.29) is 0 Å². The first kappa shape index (κ1) is 12.1. The lowest BCUT2D eigenvalue weighted by molar-refractivity contribution is 1.26. The number of rotatable bonds is 4. The summed E-state index contributed by atoms with van der Waals surface area (Å²) < 4.78 is 0. The fraction of sp³-hybridized carbons (Fsp3) is 0.231. The summed E-state index contributed by atoms with van der Waals surface area (Å²) in [5.41, 5.74) is 2.76. The summed E-state index contributed by atoms with van der Waals surface area (Å²) in [5.74, 6) is 0. The van der Waals surface area contributed by atoms with E-state index in [0.29, 0.717) is 0 Å². The normalized spacial score (nSPS) is 12.0. The predicted molar refractivity (Wildman–Crippen MR) is 78.9 cm³/mol. The van der Waals surface area contributed by atoms with Gasteiger partial charge in [0.25, 0.3) is 0 Å². The van der Waals surface area contributed by atoms with Crippen LogP contribution in [0.15, 0.2) is 35.0 Å². The summed E-state index contributed by atoms with van der Waals surface area (Å²) in [4.78, 5) is 2.77. The Morgan fingerprint density at radius 2 is 2.19 bits per heavy atom. The van der Waals surface area contributed by atoms with Gasteiger partial charge < -0.3 is 0 Å². The summed E-state index contributed by atoms with van der Waals surface area (Å²) >= 11 is 7.13. The Morgan fingerprint density at radius 1 is 1.31 bits per heavy atom. The minimum absolute atomic E-state index is 1.02. The molecule has 0 amide bonds. The number of thiophene rings is 2. The van der Waals surface area contributed by atoms with E-state index < -0.39 is 0 Å². The van der Waals surface area contributed by atoms with Gasteiger partial charge in [-0.3, -0.25) is 0 Å². The summed E-state index contributed by atoms with van der Waals surface area (Å²) in [6, 6.07) is 6.50. The first-order valence-corrected chi connectivity index (χ1v) is 8.05. The van der Waals surface area contributed by atoms with Crippen molar-refractivity contribution in [3.8, 4) is 0 Å². The molecule has 0 aromatic carbocycles. The molecule has 0 spiro atoms. The zero-order chi connectivity index (χ0) is 11.4. The Balaban J connectivity index is 2.40. The van der Waals surface area contributed by atoms with Gasteiger partial charge in [-0.2, -0.15) is 0 Å². The summed E-state index contributed by atoms with van der Waals surface area (Å²) in [6.45, 7) is 2.18. The summed E-state index contributed by atoms with van der Waals surface area (Å²) in [5, 5.41) is 5.33. The monoisotopic (exact) mass is 312 g/mol. The third-order valence-corrected chi connectivity index (χ3v) is 4.76. The molecule has 2 heterocycles. The Kier molecular flexibility index (Phi) is 4.38. The Morgan fingerprint density at radius 3 is 2.75 bits per heavy atom. The van der Waals surface area contributed by atoms with Crippen LogP contribution in [0.1, 0.15) is 21.7 Å². The van der Waals surface area contributed by atoms with Crippen LogP contribution in [0, 0.1) is 6.92 Å². The van der Waals surface area contributed by atoms with Crippen LogP contribution >= 0.6 is 38.6 Å². The van der Waals surface area contributed by atoms with Gasteiger partial charge in [0.15, 0.2) is 0 Å². The topological polar surface area (TPSA) is 0 Å². The molecule has 0 aliphatic rings. The van der Waals surface area contributed by atoms with E-state index in [0.717, 1.165) is 11.8 Å². The number of aryl methyl sites for hydroxylation is 1. The highest BCUT2D eigenvalue weighted by molar-refractivity contribution is 9.09. The largest absolute Gasteiger partial charge is 0.144 e. The molecule has 0 nitrogen and oxygen atoms in total. The Labute approximate surface area is 113 Å². The predicted octanol–water partition coefficient (Wildman–Crippen LogP) is 5.33. The van der Waals surface area contributed by atoms with E-state index in [1.807, 2.05) is 22.7 Å². The molecule has 0 saturated heterocycles. The summed E-state index contributed by atoms with van der Waals surface area (Å²) in [7, 11) is 0. The van der Waals surface area contributed by atoms with Crippen molar-refractivity contribution in [2.24, 2.45) is 0 Å². The van der Waals surface area contributed by atoms with E-state index in [9.17, 15) is 0 Å². The lowest BCUT2D eigenvalue weighted by atomic mass is 10.1. The van der Waals surface area contributed by atoms with Gasteiger partial charge in [0.2, 0.25) is 0 Å². The highest BCUT2D eigenvalue weighted by Crippen LogP contribution is 2.33. The third kappa shape index (κ3) is 2.65. The van der Waals surface area contributed by atoms with Crippen molar-refractivity contribution in [3.05, 3.63) is 50.4 Å². The van der Waals surface area contributed by atoms with Gasteiger partial charge in [-0.1, -0.05) is 28.1 Å². The van der Waals surface area contributed by atoms with E-state index in [1.165, 1.54) is 20.9 Å². The second-order valence-corrected chi connectivity index (χ2v) is 6.16. The van der Waals surface area contributed by atoms with Crippen LogP contribution in [0.2, 0.25) is 0 Å². The number of alkyl halides is 1. The number of allylic oxidation sites excluding steroid dienone is 1. The molecule has 0 fully saturated rings. The third-order valence-electron chi connectivity index (χ3n) is 2.35. The van der Waals surface area contributed by atoms with Crippen molar-refractivity contribution in [1.82, 2.24) is 0 Å². The fourth-order valence-electron chi connectivity index (χ4n) is 1.58. The molecule has 16 heavy (non-hydrogen) atoms. The van der Waals surface area contributed by atoms with Crippen LogP contribution in [0.5, 0.6) is 0 Å². The van der Waals surface area contributed by atoms with Crippen LogP contribution < -0.4 is 0 Å². The lowest BCUT2D eigenvalue weighted by Gasteiger charge is -2.04. The van der Waals surface area contributed by atoms with Gasteiger partial charge in [0, 0.05) is 20.7 Å². The molecular formula is C13H13BrS2. The van der Waals surface area contributed by atoms with Gasteiger partial charge in [-0.25, -0.2) is 0 Å². The molecule has 0 bridgehead atoms. The minimum Gasteiger partial charge on any atom is -0.144 e. The molecule has 2 rings (SSSR count). The number of hydrogen-bond acceptors (Lipinski definition) is 2. The molecule has 2 aromatic rings.